The Morgan fingerprint density at radius 1 is 0.857 bits per heavy atom. The van der Waals surface area contributed by atoms with Crippen LogP contribution in [0.25, 0.3) is 22.4 Å². The van der Waals surface area contributed by atoms with Gasteiger partial charge in [0.2, 0.25) is 0 Å². The van der Waals surface area contributed by atoms with Gasteiger partial charge >= 0.3 is 12.0 Å². The molecular weight excluding hydrogens is 369 g/mol. The highest BCUT2D eigenvalue weighted by atomic mass is 19.4. The molecule has 2 heterocycles. The second-order valence-electron chi connectivity index (χ2n) is 6.46. The van der Waals surface area contributed by atoms with Gasteiger partial charge in [-0.25, -0.2) is 0 Å². The Balaban J connectivity index is 1.57. The molecule has 1 unspecified atom stereocenters. The van der Waals surface area contributed by atoms with E-state index >= 15 is 0 Å². The highest BCUT2D eigenvalue weighted by molar-refractivity contribution is 6.01. The molecule has 0 saturated carbocycles. The van der Waals surface area contributed by atoms with Crippen molar-refractivity contribution < 1.29 is 23.1 Å². The maximum absolute atomic E-state index is 12.8. The third kappa shape index (κ3) is 3.36. The fourth-order valence-electron chi connectivity index (χ4n) is 2.96. The van der Waals surface area contributed by atoms with Crippen LogP contribution in [0.1, 0.15) is 12.0 Å². The molecule has 0 radical (unpaired) electrons. The third-order valence-electron chi connectivity index (χ3n) is 4.54. The molecule has 28 heavy (non-hydrogen) atoms. The van der Waals surface area contributed by atoms with Gasteiger partial charge in [-0.1, -0.05) is 59.8 Å². The number of pyridine rings is 1. The van der Waals surface area contributed by atoms with Crippen LogP contribution in [0.5, 0.6) is 0 Å². The lowest BCUT2D eigenvalue weighted by Crippen LogP contribution is -2.45. The first-order valence-electron chi connectivity index (χ1n) is 8.52. The van der Waals surface area contributed by atoms with Crippen LogP contribution in [-0.2, 0) is 4.84 Å². The van der Waals surface area contributed by atoms with Crippen molar-refractivity contribution in [3.8, 4) is 22.4 Å². The molecular formula is C21H15F3N2O2. The number of oxime groups is 1. The van der Waals surface area contributed by atoms with Crippen molar-refractivity contribution in [2.75, 3.05) is 0 Å². The number of halogens is 3. The Morgan fingerprint density at radius 2 is 1.54 bits per heavy atom. The van der Waals surface area contributed by atoms with Gasteiger partial charge in [-0.15, -0.1) is 0 Å². The minimum Gasteiger partial charge on any atom is -0.350 e. The molecule has 0 amide bonds. The zero-order valence-corrected chi connectivity index (χ0v) is 14.5. The minimum absolute atomic E-state index is 0.0473. The monoisotopic (exact) mass is 384 g/mol. The first-order chi connectivity index (χ1) is 13.4. The van der Waals surface area contributed by atoms with Crippen LogP contribution in [0.15, 0.2) is 78.1 Å². The molecule has 3 aromatic rings. The minimum atomic E-state index is -4.91. The lowest BCUT2D eigenvalue weighted by Gasteiger charge is -2.22. The first kappa shape index (κ1) is 18.2. The topological polar surface area (TPSA) is 54.7 Å². The van der Waals surface area contributed by atoms with Gasteiger partial charge in [-0.2, -0.15) is 13.2 Å². The average Bonchev–Trinajstić information content (AvgIpc) is 3.13. The molecule has 4 rings (SSSR count). The molecule has 0 spiro atoms. The summed E-state index contributed by atoms with van der Waals surface area (Å²) in [6, 6.07) is 20.4. The molecule has 0 aliphatic carbocycles. The number of aliphatic hydroxyl groups is 1. The largest absolute Gasteiger partial charge is 0.458 e. The summed E-state index contributed by atoms with van der Waals surface area (Å²) >= 11 is 0. The van der Waals surface area contributed by atoms with Crippen LogP contribution >= 0.6 is 0 Å². The van der Waals surface area contributed by atoms with Gasteiger partial charge in [0.15, 0.2) is 0 Å². The highest BCUT2D eigenvalue weighted by Crippen LogP contribution is 2.39. The first-order valence-corrected chi connectivity index (χ1v) is 8.52. The van der Waals surface area contributed by atoms with E-state index in [9.17, 15) is 18.3 Å². The van der Waals surface area contributed by atoms with Gasteiger partial charge < -0.3 is 9.94 Å². The summed E-state index contributed by atoms with van der Waals surface area (Å²) in [5.74, 6) is -3.27. The second kappa shape index (κ2) is 6.76. The molecule has 2 aromatic carbocycles. The van der Waals surface area contributed by atoms with Crippen LogP contribution < -0.4 is 0 Å². The predicted molar refractivity (Wildman–Crippen MR) is 98.4 cm³/mol. The Bertz CT molecular complexity index is 1020. The standard InChI is InChI=1S/C21H15F3N2O2/c22-21(23,24)20(27)13-19(26-28-20)16-8-6-14(7-9-16)17-10-11-25-18(12-17)15-4-2-1-3-5-15/h1-12,27H,13H2. The van der Waals surface area contributed by atoms with Crippen molar-refractivity contribution in [2.45, 2.75) is 18.4 Å². The fourth-order valence-corrected chi connectivity index (χ4v) is 2.96. The zero-order valence-electron chi connectivity index (χ0n) is 14.5. The molecule has 1 aromatic heterocycles. The fraction of sp³-hybridized carbons (Fsp3) is 0.143. The molecule has 4 nitrogen and oxygen atoms in total. The summed E-state index contributed by atoms with van der Waals surface area (Å²) in [5, 5.41) is 13.0. The van der Waals surface area contributed by atoms with E-state index in [4.69, 9.17) is 0 Å². The molecule has 0 fully saturated rings. The van der Waals surface area contributed by atoms with Crippen molar-refractivity contribution in [3.05, 3.63) is 78.5 Å². The molecule has 1 aliphatic heterocycles. The smallest absolute Gasteiger partial charge is 0.350 e. The molecule has 1 aliphatic rings. The molecule has 0 saturated heterocycles. The van der Waals surface area contributed by atoms with E-state index in [-0.39, 0.29) is 5.71 Å². The van der Waals surface area contributed by atoms with Gasteiger partial charge in [0.1, 0.15) is 0 Å². The number of aromatic nitrogens is 1. The summed E-state index contributed by atoms with van der Waals surface area (Å²) in [7, 11) is 0. The van der Waals surface area contributed by atoms with Gasteiger partial charge in [-0.05, 0) is 28.8 Å². The molecule has 142 valence electrons. The second-order valence-corrected chi connectivity index (χ2v) is 6.46. The van der Waals surface area contributed by atoms with E-state index in [1.807, 2.05) is 42.5 Å². The summed E-state index contributed by atoms with van der Waals surface area (Å²) in [6.45, 7) is 0. The SMILES string of the molecule is OC1(C(F)(F)F)CC(c2ccc(-c3ccnc(-c4ccccc4)c3)cc2)=NO1. The molecule has 7 heteroatoms. The quantitative estimate of drug-likeness (QED) is 0.706. The maximum atomic E-state index is 12.8. The molecule has 0 bridgehead atoms. The van der Waals surface area contributed by atoms with Crippen molar-refractivity contribution >= 4 is 5.71 Å². The van der Waals surface area contributed by atoms with E-state index in [1.165, 1.54) is 0 Å². The van der Waals surface area contributed by atoms with Crippen LogP contribution in [0.2, 0.25) is 0 Å². The summed E-state index contributed by atoms with van der Waals surface area (Å²) in [6.07, 6.45) is -3.95. The maximum Gasteiger partial charge on any atom is 0.458 e. The van der Waals surface area contributed by atoms with Gasteiger partial charge in [0, 0.05) is 11.8 Å². The van der Waals surface area contributed by atoms with E-state index < -0.39 is 18.4 Å². The number of hydrogen-bond acceptors (Lipinski definition) is 4. The van der Waals surface area contributed by atoms with Crippen molar-refractivity contribution in [1.29, 1.82) is 0 Å². The van der Waals surface area contributed by atoms with Gasteiger partial charge in [0.25, 0.3) is 0 Å². The summed E-state index contributed by atoms with van der Waals surface area (Å²) in [4.78, 5) is 8.65. The van der Waals surface area contributed by atoms with Gasteiger partial charge in [0.05, 0.1) is 17.8 Å². The van der Waals surface area contributed by atoms with Gasteiger partial charge in [-0.3, -0.25) is 4.98 Å². The lowest BCUT2D eigenvalue weighted by atomic mass is 9.98. The summed E-state index contributed by atoms with van der Waals surface area (Å²) < 4.78 is 38.5. The van der Waals surface area contributed by atoms with Crippen LogP contribution in [0, 0.1) is 0 Å². The number of nitrogens with zero attached hydrogens (tertiary/aromatic N) is 2. The van der Waals surface area contributed by atoms with E-state index in [0.717, 1.165) is 22.4 Å². The Hall–Kier alpha value is -3.19. The van der Waals surface area contributed by atoms with Crippen molar-refractivity contribution in [3.63, 3.8) is 0 Å². The van der Waals surface area contributed by atoms with E-state index in [1.54, 1.807) is 30.5 Å². The molecule has 1 N–H and O–H groups in total. The Morgan fingerprint density at radius 3 is 2.18 bits per heavy atom. The number of alkyl halides is 3. The predicted octanol–water partition coefficient (Wildman–Crippen LogP) is 4.79. The highest BCUT2D eigenvalue weighted by Gasteiger charge is 2.60. The number of rotatable bonds is 3. The third-order valence-corrected chi connectivity index (χ3v) is 4.54. The lowest BCUT2D eigenvalue weighted by molar-refractivity contribution is -0.355. The van der Waals surface area contributed by atoms with Crippen LogP contribution in [0.4, 0.5) is 13.2 Å². The van der Waals surface area contributed by atoms with Crippen molar-refractivity contribution in [1.82, 2.24) is 4.98 Å². The average molecular weight is 384 g/mol. The number of benzene rings is 2. The zero-order chi connectivity index (χ0) is 19.8. The Kier molecular flexibility index (Phi) is 4.39. The van der Waals surface area contributed by atoms with Crippen LogP contribution in [-0.4, -0.2) is 27.8 Å². The Labute approximate surface area is 158 Å². The van der Waals surface area contributed by atoms with Crippen LogP contribution in [0.3, 0.4) is 0 Å². The van der Waals surface area contributed by atoms with E-state index in [2.05, 4.69) is 15.0 Å². The van der Waals surface area contributed by atoms with E-state index in [0.29, 0.717) is 5.56 Å². The summed E-state index contributed by atoms with van der Waals surface area (Å²) in [5.41, 5.74) is 4.13. The van der Waals surface area contributed by atoms with Crippen molar-refractivity contribution in [2.24, 2.45) is 5.16 Å². The molecule has 1 atom stereocenters. The number of hydrogen-bond donors (Lipinski definition) is 1. The normalized spacial score (nSPS) is 19.2.